The van der Waals surface area contributed by atoms with Crippen LogP contribution in [0.2, 0.25) is 5.02 Å². The molecule has 0 saturated carbocycles. The molecule has 0 aromatic heterocycles. The quantitative estimate of drug-likeness (QED) is 0.888. The van der Waals surface area contributed by atoms with Gasteiger partial charge in [0.2, 0.25) is 0 Å². The first kappa shape index (κ1) is 13.9. The Morgan fingerprint density at radius 2 is 2.06 bits per heavy atom. The minimum Gasteiger partial charge on any atom is -0.329 e. The zero-order valence-corrected chi connectivity index (χ0v) is 11.7. The van der Waals surface area contributed by atoms with Crippen LogP contribution >= 0.6 is 11.6 Å². The SMILES string of the molecule is NCCN1CCC(CCc2cccc(Cl)c2)CC1. The van der Waals surface area contributed by atoms with E-state index in [1.165, 1.54) is 37.9 Å². The van der Waals surface area contributed by atoms with Crippen molar-refractivity contribution in [1.82, 2.24) is 4.90 Å². The number of likely N-dealkylation sites (tertiary alicyclic amines) is 1. The van der Waals surface area contributed by atoms with Gasteiger partial charge in [0.1, 0.15) is 0 Å². The summed E-state index contributed by atoms with van der Waals surface area (Å²) in [5.74, 6) is 0.873. The van der Waals surface area contributed by atoms with Crippen LogP contribution in [0.25, 0.3) is 0 Å². The molecule has 1 heterocycles. The second kappa shape index (κ2) is 7.13. The molecule has 1 aliphatic rings. The fourth-order valence-corrected chi connectivity index (χ4v) is 2.96. The summed E-state index contributed by atoms with van der Waals surface area (Å²) in [5, 5.41) is 0.852. The van der Waals surface area contributed by atoms with Gasteiger partial charge in [-0.15, -0.1) is 0 Å². The van der Waals surface area contributed by atoms with Crippen LogP contribution in [-0.2, 0) is 6.42 Å². The van der Waals surface area contributed by atoms with Crippen LogP contribution in [0.3, 0.4) is 0 Å². The van der Waals surface area contributed by atoms with Gasteiger partial charge >= 0.3 is 0 Å². The van der Waals surface area contributed by atoms with Crippen LogP contribution < -0.4 is 5.73 Å². The number of aryl methyl sites for hydroxylation is 1. The van der Waals surface area contributed by atoms with E-state index in [-0.39, 0.29) is 0 Å². The second-order valence-corrected chi connectivity index (χ2v) is 5.68. The van der Waals surface area contributed by atoms with Crippen molar-refractivity contribution in [3.05, 3.63) is 34.9 Å². The van der Waals surface area contributed by atoms with E-state index in [9.17, 15) is 0 Å². The molecule has 1 aliphatic heterocycles. The van der Waals surface area contributed by atoms with Crippen LogP contribution in [0.5, 0.6) is 0 Å². The average molecular weight is 267 g/mol. The Morgan fingerprint density at radius 3 is 2.72 bits per heavy atom. The number of nitrogens with two attached hydrogens (primary N) is 1. The van der Waals surface area contributed by atoms with Crippen molar-refractivity contribution in [3.63, 3.8) is 0 Å². The van der Waals surface area contributed by atoms with E-state index in [1.54, 1.807) is 0 Å². The summed E-state index contributed by atoms with van der Waals surface area (Å²) in [7, 11) is 0. The third-order valence-electron chi connectivity index (χ3n) is 3.88. The molecule has 0 unspecified atom stereocenters. The maximum Gasteiger partial charge on any atom is 0.0408 e. The van der Waals surface area contributed by atoms with E-state index in [0.29, 0.717) is 0 Å². The zero-order valence-electron chi connectivity index (χ0n) is 10.9. The predicted molar refractivity (Wildman–Crippen MR) is 78.0 cm³/mol. The molecule has 1 saturated heterocycles. The highest BCUT2D eigenvalue weighted by atomic mass is 35.5. The molecule has 0 amide bonds. The summed E-state index contributed by atoms with van der Waals surface area (Å²) in [6.45, 7) is 4.28. The maximum atomic E-state index is 6.00. The number of nitrogens with zero attached hydrogens (tertiary/aromatic N) is 1. The van der Waals surface area contributed by atoms with Crippen molar-refractivity contribution < 1.29 is 0 Å². The third kappa shape index (κ3) is 4.27. The number of piperidine rings is 1. The lowest BCUT2D eigenvalue weighted by molar-refractivity contribution is 0.183. The van der Waals surface area contributed by atoms with E-state index >= 15 is 0 Å². The van der Waals surface area contributed by atoms with Gasteiger partial charge in [0.25, 0.3) is 0 Å². The Morgan fingerprint density at radius 1 is 1.28 bits per heavy atom. The van der Waals surface area contributed by atoms with E-state index in [2.05, 4.69) is 17.0 Å². The van der Waals surface area contributed by atoms with Gasteiger partial charge in [-0.3, -0.25) is 0 Å². The topological polar surface area (TPSA) is 29.3 Å². The van der Waals surface area contributed by atoms with Gasteiger partial charge < -0.3 is 10.6 Å². The number of benzene rings is 1. The van der Waals surface area contributed by atoms with Crippen LogP contribution in [0, 0.1) is 5.92 Å². The highest BCUT2D eigenvalue weighted by molar-refractivity contribution is 6.30. The molecular weight excluding hydrogens is 244 g/mol. The molecule has 2 rings (SSSR count). The van der Waals surface area contributed by atoms with Crippen LogP contribution in [0.1, 0.15) is 24.8 Å². The summed E-state index contributed by atoms with van der Waals surface area (Å²) < 4.78 is 0. The van der Waals surface area contributed by atoms with E-state index < -0.39 is 0 Å². The van der Waals surface area contributed by atoms with E-state index in [4.69, 9.17) is 17.3 Å². The van der Waals surface area contributed by atoms with Crippen LogP contribution in [0.15, 0.2) is 24.3 Å². The van der Waals surface area contributed by atoms with Crippen LogP contribution in [-0.4, -0.2) is 31.1 Å². The summed E-state index contributed by atoms with van der Waals surface area (Å²) in [4.78, 5) is 2.48. The van der Waals surface area contributed by atoms with E-state index in [0.717, 1.165) is 30.5 Å². The van der Waals surface area contributed by atoms with Crippen molar-refractivity contribution >= 4 is 11.6 Å². The standard InChI is InChI=1S/C15H23ClN2/c16-15-3-1-2-14(12-15)5-4-13-6-9-18(10-7-13)11-8-17/h1-3,12-13H,4-11,17H2. The van der Waals surface area contributed by atoms with Crippen molar-refractivity contribution in [2.45, 2.75) is 25.7 Å². The van der Waals surface area contributed by atoms with Gasteiger partial charge in [-0.25, -0.2) is 0 Å². The first-order valence-electron chi connectivity index (χ1n) is 6.95. The number of hydrogen-bond donors (Lipinski definition) is 1. The lowest BCUT2D eigenvalue weighted by atomic mass is 9.90. The van der Waals surface area contributed by atoms with Crippen molar-refractivity contribution in [2.24, 2.45) is 11.7 Å². The van der Waals surface area contributed by atoms with Gasteiger partial charge in [0.15, 0.2) is 0 Å². The monoisotopic (exact) mass is 266 g/mol. The molecule has 100 valence electrons. The summed E-state index contributed by atoms with van der Waals surface area (Å²) in [6, 6.07) is 8.25. The highest BCUT2D eigenvalue weighted by Crippen LogP contribution is 2.22. The molecule has 1 aromatic carbocycles. The molecule has 3 heteroatoms. The summed E-state index contributed by atoms with van der Waals surface area (Å²) in [5.41, 5.74) is 6.96. The Bertz CT molecular complexity index is 359. The largest absolute Gasteiger partial charge is 0.329 e. The first-order valence-corrected chi connectivity index (χ1v) is 7.32. The lowest BCUT2D eigenvalue weighted by Gasteiger charge is -2.31. The molecule has 2 nitrogen and oxygen atoms in total. The van der Waals surface area contributed by atoms with Crippen molar-refractivity contribution in [2.75, 3.05) is 26.2 Å². The minimum atomic E-state index is 0.785. The molecule has 0 spiro atoms. The molecule has 18 heavy (non-hydrogen) atoms. The molecule has 0 aliphatic carbocycles. The summed E-state index contributed by atoms with van der Waals surface area (Å²) in [6.07, 6.45) is 5.08. The fourth-order valence-electron chi connectivity index (χ4n) is 2.74. The fraction of sp³-hybridized carbons (Fsp3) is 0.600. The van der Waals surface area contributed by atoms with Gasteiger partial charge in [-0.2, -0.15) is 0 Å². The van der Waals surface area contributed by atoms with Gasteiger partial charge in [0, 0.05) is 18.1 Å². The Kier molecular flexibility index (Phi) is 5.48. The second-order valence-electron chi connectivity index (χ2n) is 5.24. The normalized spacial score (nSPS) is 18.1. The lowest BCUT2D eigenvalue weighted by Crippen LogP contribution is -2.37. The third-order valence-corrected chi connectivity index (χ3v) is 4.12. The number of halogens is 1. The molecule has 1 aromatic rings. The molecule has 0 atom stereocenters. The minimum absolute atomic E-state index is 0.785. The summed E-state index contributed by atoms with van der Waals surface area (Å²) >= 11 is 6.00. The predicted octanol–water partition coefficient (Wildman–Crippen LogP) is 2.94. The van der Waals surface area contributed by atoms with Gasteiger partial charge in [-0.1, -0.05) is 23.7 Å². The Balaban J connectivity index is 1.72. The van der Waals surface area contributed by atoms with Crippen LogP contribution in [0.4, 0.5) is 0 Å². The average Bonchev–Trinajstić information content (AvgIpc) is 2.38. The highest BCUT2D eigenvalue weighted by Gasteiger charge is 2.18. The van der Waals surface area contributed by atoms with Crippen molar-refractivity contribution in [3.8, 4) is 0 Å². The molecule has 2 N–H and O–H groups in total. The van der Waals surface area contributed by atoms with Gasteiger partial charge in [0.05, 0.1) is 0 Å². The Labute approximate surface area is 115 Å². The maximum absolute atomic E-state index is 6.00. The Hall–Kier alpha value is -0.570. The number of hydrogen-bond acceptors (Lipinski definition) is 2. The smallest absolute Gasteiger partial charge is 0.0408 e. The van der Waals surface area contributed by atoms with Gasteiger partial charge in [-0.05, 0) is 62.4 Å². The first-order chi connectivity index (χ1) is 8.78. The number of rotatable bonds is 5. The van der Waals surface area contributed by atoms with E-state index in [1.807, 2.05) is 12.1 Å². The molecule has 0 radical (unpaired) electrons. The molecule has 0 bridgehead atoms. The molecular formula is C15H23ClN2. The van der Waals surface area contributed by atoms with Crippen molar-refractivity contribution in [1.29, 1.82) is 0 Å². The zero-order chi connectivity index (χ0) is 12.8. The molecule has 1 fully saturated rings.